The largest absolute Gasteiger partial charge is 0.352 e. The molecule has 0 unspecified atom stereocenters. The fraction of sp³-hybridized carbons (Fsp3) is 0.500. The molecule has 1 aromatic carbocycles. The smallest absolute Gasteiger partial charge is 0.241 e. The standard InChI is InChI=1S/C20H32N6O2S/c1-14-17(15(2)26(7)24-14)13-23-19(21-6)22-12-16-10-8-9-11-18(16)29(27,28)25-20(3,4)5/h8-11,25H,12-13H2,1-7H3,(H2,21,22,23). The van der Waals surface area contributed by atoms with Gasteiger partial charge < -0.3 is 10.6 Å². The van der Waals surface area contributed by atoms with Gasteiger partial charge in [-0.1, -0.05) is 18.2 Å². The Kier molecular flexibility index (Phi) is 7.07. The summed E-state index contributed by atoms with van der Waals surface area (Å²) in [7, 11) is -0.0271. The number of sulfonamides is 1. The maximum atomic E-state index is 12.8. The molecular weight excluding hydrogens is 388 g/mol. The number of hydrogen-bond donors (Lipinski definition) is 3. The first-order valence-corrected chi connectivity index (χ1v) is 11.0. The number of nitrogens with zero attached hydrogens (tertiary/aromatic N) is 3. The number of nitrogens with one attached hydrogen (secondary N) is 3. The van der Waals surface area contributed by atoms with Gasteiger partial charge in [-0.3, -0.25) is 9.67 Å². The Morgan fingerprint density at radius 1 is 1.14 bits per heavy atom. The minimum Gasteiger partial charge on any atom is -0.352 e. The predicted molar refractivity (Wildman–Crippen MR) is 116 cm³/mol. The van der Waals surface area contributed by atoms with Crippen molar-refractivity contribution in [2.45, 2.75) is 58.1 Å². The molecule has 9 heteroatoms. The van der Waals surface area contributed by atoms with Crippen LogP contribution in [0.15, 0.2) is 34.2 Å². The number of aryl methyl sites for hydroxylation is 2. The third-order valence-electron chi connectivity index (χ3n) is 4.46. The second-order valence-electron chi connectivity index (χ2n) is 8.02. The van der Waals surface area contributed by atoms with Crippen LogP contribution >= 0.6 is 0 Å². The molecule has 3 N–H and O–H groups in total. The molecule has 2 rings (SSSR count). The van der Waals surface area contributed by atoms with E-state index in [9.17, 15) is 8.42 Å². The topological polar surface area (TPSA) is 100 Å². The Morgan fingerprint density at radius 2 is 1.76 bits per heavy atom. The zero-order valence-corrected chi connectivity index (χ0v) is 19.1. The second kappa shape index (κ2) is 8.96. The van der Waals surface area contributed by atoms with E-state index in [2.05, 4.69) is 25.4 Å². The van der Waals surface area contributed by atoms with Gasteiger partial charge in [0.25, 0.3) is 0 Å². The molecule has 2 aromatic rings. The van der Waals surface area contributed by atoms with Crippen LogP contribution < -0.4 is 15.4 Å². The van der Waals surface area contributed by atoms with Crippen molar-refractivity contribution in [1.29, 1.82) is 0 Å². The van der Waals surface area contributed by atoms with Gasteiger partial charge in [0.05, 0.1) is 10.6 Å². The number of guanidine groups is 1. The molecule has 1 aromatic heterocycles. The van der Waals surface area contributed by atoms with Gasteiger partial charge in [0, 0.05) is 44.0 Å². The third kappa shape index (κ3) is 6.04. The highest BCUT2D eigenvalue weighted by molar-refractivity contribution is 7.89. The summed E-state index contributed by atoms with van der Waals surface area (Å²) >= 11 is 0. The first-order chi connectivity index (χ1) is 13.4. The van der Waals surface area contributed by atoms with E-state index in [1.54, 1.807) is 25.2 Å². The number of hydrogen-bond acceptors (Lipinski definition) is 4. The Balaban J connectivity index is 2.10. The van der Waals surface area contributed by atoms with Crippen LogP contribution in [-0.4, -0.2) is 36.7 Å². The first kappa shape index (κ1) is 22.9. The minimum absolute atomic E-state index is 0.261. The fourth-order valence-corrected chi connectivity index (χ4v) is 4.67. The lowest BCUT2D eigenvalue weighted by molar-refractivity contribution is 0.491. The quantitative estimate of drug-likeness (QED) is 0.490. The van der Waals surface area contributed by atoms with Gasteiger partial charge >= 0.3 is 0 Å². The van der Waals surface area contributed by atoms with Crippen molar-refractivity contribution in [3.8, 4) is 0 Å². The van der Waals surface area contributed by atoms with Crippen molar-refractivity contribution in [3.63, 3.8) is 0 Å². The Bertz CT molecular complexity index is 987. The van der Waals surface area contributed by atoms with E-state index in [-0.39, 0.29) is 4.90 Å². The zero-order chi connectivity index (χ0) is 21.8. The summed E-state index contributed by atoms with van der Waals surface area (Å²) in [5, 5.41) is 10.9. The zero-order valence-electron chi connectivity index (χ0n) is 18.3. The first-order valence-electron chi connectivity index (χ1n) is 9.50. The normalized spacial score (nSPS) is 12.9. The SMILES string of the molecule is CN=C(NCc1ccccc1S(=O)(=O)NC(C)(C)C)NCc1c(C)nn(C)c1C. The van der Waals surface area contributed by atoms with E-state index in [0.29, 0.717) is 24.6 Å². The highest BCUT2D eigenvalue weighted by Crippen LogP contribution is 2.18. The van der Waals surface area contributed by atoms with Gasteiger partial charge in [0.15, 0.2) is 5.96 Å². The van der Waals surface area contributed by atoms with Crippen LogP contribution in [0, 0.1) is 13.8 Å². The molecule has 0 spiro atoms. The third-order valence-corrected chi connectivity index (χ3v) is 6.32. The molecule has 8 nitrogen and oxygen atoms in total. The second-order valence-corrected chi connectivity index (χ2v) is 9.67. The summed E-state index contributed by atoms with van der Waals surface area (Å²) in [6.07, 6.45) is 0. The maximum Gasteiger partial charge on any atom is 0.241 e. The van der Waals surface area contributed by atoms with Gasteiger partial charge in [-0.05, 0) is 46.2 Å². The van der Waals surface area contributed by atoms with Crippen molar-refractivity contribution in [2.75, 3.05) is 7.05 Å². The average Bonchev–Trinajstić information content (AvgIpc) is 2.85. The van der Waals surface area contributed by atoms with Crippen LogP contribution in [-0.2, 0) is 30.2 Å². The highest BCUT2D eigenvalue weighted by atomic mass is 32.2. The molecule has 160 valence electrons. The summed E-state index contributed by atoms with van der Waals surface area (Å²) < 4.78 is 30.1. The van der Waals surface area contributed by atoms with Gasteiger partial charge in [0.2, 0.25) is 10.0 Å². The van der Waals surface area contributed by atoms with E-state index in [4.69, 9.17) is 0 Å². The molecule has 29 heavy (non-hydrogen) atoms. The molecule has 0 aliphatic heterocycles. The van der Waals surface area contributed by atoms with Gasteiger partial charge in [-0.25, -0.2) is 13.1 Å². The van der Waals surface area contributed by atoms with E-state index in [1.807, 2.05) is 52.4 Å². The summed E-state index contributed by atoms with van der Waals surface area (Å²) in [6.45, 7) is 10.4. The molecule has 0 bridgehead atoms. The molecule has 0 saturated heterocycles. The van der Waals surface area contributed by atoms with Crippen molar-refractivity contribution < 1.29 is 8.42 Å². The Morgan fingerprint density at radius 3 is 2.31 bits per heavy atom. The van der Waals surface area contributed by atoms with E-state index < -0.39 is 15.6 Å². The predicted octanol–water partition coefficient (Wildman–Crippen LogP) is 1.98. The minimum atomic E-state index is -3.63. The van der Waals surface area contributed by atoms with E-state index in [0.717, 1.165) is 17.0 Å². The van der Waals surface area contributed by atoms with Gasteiger partial charge in [-0.2, -0.15) is 5.10 Å². The van der Waals surface area contributed by atoms with Gasteiger partial charge in [0.1, 0.15) is 0 Å². The lowest BCUT2D eigenvalue weighted by Gasteiger charge is -2.22. The molecule has 0 radical (unpaired) electrons. The molecule has 0 amide bonds. The molecule has 0 aliphatic rings. The van der Waals surface area contributed by atoms with Crippen molar-refractivity contribution >= 4 is 16.0 Å². The lowest BCUT2D eigenvalue weighted by Crippen LogP contribution is -2.41. The summed E-state index contributed by atoms with van der Waals surface area (Å²) in [4.78, 5) is 4.50. The molecule has 0 atom stereocenters. The molecule has 0 saturated carbocycles. The Hall–Kier alpha value is -2.39. The average molecular weight is 421 g/mol. The van der Waals surface area contributed by atoms with Crippen LogP contribution in [0.25, 0.3) is 0 Å². The van der Waals surface area contributed by atoms with Crippen molar-refractivity contribution in [3.05, 3.63) is 46.8 Å². The van der Waals surface area contributed by atoms with Crippen LogP contribution in [0.3, 0.4) is 0 Å². The molecule has 0 fully saturated rings. The molecule has 1 heterocycles. The van der Waals surface area contributed by atoms with E-state index in [1.165, 1.54) is 0 Å². The fourth-order valence-electron chi connectivity index (χ4n) is 3.02. The number of aromatic nitrogens is 2. The van der Waals surface area contributed by atoms with Crippen molar-refractivity contribution in [2.24, 2.45) is 12.0 Å². The van der Waals surface area contributed by atoms with E-state index >= 15 is 0 Å². The molecular formula is C20H32N6O2S. The summed E-state index contributed by atoms with van der Waals surface area (Å²) in [5.74, 6) is 0.587. The summed E-state index contributed by atoms with van der Waals surface area (Å²) in [6, 6.07) is 6.96. The number of benzene rings is 1. The highest BCUT2D eigenvalue weighted by Gasteiger charge is 2.24. The number of aliphatic imine (C=N–C) groups is 1. The monoisotopic (exact) mass is 420 g/mol. The van der Waals surface area contributed by atoms with Crippen LogP contribution in [0.4, 0.5) is 0 Å². The van der Waals surface area contributed by atoms with Crippen LogP contribution in [0.2, 0.25) is 0 Å². The molecule has 0 aliphatic carbocycles. The lowest BCUT2D eigenvalue weighted by atomic mass is 10.1. The van der Waals surface area contributed by atoms with Crippen LogP contribution in [0.5, 0.6) is 0 Å². The van der Waals surface area contributed by atoms with Crippen LogP contribution in [0.1, 0.15) is 43.3 Å². The van der Waals surface area contributed by atoms with Crippen molar-refractivity contribution in [1.82, 2.24) is 25.1 Å². The van der Waals surface area contributed by atoms with Gasteiger partial charge in [-0.15, -0.1) is 0 Å². The maximum absolute atomic E-state index is 12.8. The number of rotatable bonds is 6. The summed E-state index contributed by atoms with van der Waals surface area (Å²) in [5.41, 5.74) is 3.29. The Labute approximate surface area is 173 Å².